The molecule has 134 valence electrons. The summed E-state index contributed by atoms with van der Waals surface area (Å²) in [6.07, 6.45) is 2.08. The van der Waals surface area contributed by atoms with Gasteiger partial charge in [-0.1, -0.05) is 17.7 Å². The molecule has 0 spiro atoms. The summed E-state index contributed by atoms with van der Waals surface area (Å²) < 4.78 is 23.4. The molecule has 0 bridgehead atoms. The monoisotopic (exact) mass is 381 g/mol. The van der Waals surface area contributed by atoms with Crippen molar-refractivity contribution < 1.29 is 8.42 Å². The summed E-state index contributed by atoms with van der Waals surface area (Å²) >= 11 is 6.32. The maximum absolute atomic E-state index is 11.7. The van der Waals surface area contributed by atoms with E-state index in [1.54, 1.807) is 11.9 Å². The first-order chi connectivity index (χ1) is 11.7. The topological polar surface area (TPSA) is 88.1 Å². The zero-order valence-electron chi connectivity index (χ0n) is 14.3. The van der Waals surface area contributed by atoms with Gasteiger partial charge in [0, 0.05) is 13.1 Å². The van der Waals surface area contributed by atoms with Crippen LogP contribution in [0.3, 0.4) is 0 Å². The Kier molecular flexibility index (Phi) is 4.83. The molecule has 1 atom stereocenters. The second-order valence-corrected chi connectivity index (χ2v) is 9.01. The predicted octanol–water partition coefficient (Wildman–Crippen LogP) is 2.51. The number of hydrogen-bond acceptors (Lipinski definition) is 7. The summed E-state index contributed by atoms with van der Waals surface area (Å²) in [5.41, 5.74) is 2.85. The normalized spacial score (nSPS) is 19.0. The van der Waals surface area contributed by atoms with Crippen LogP contribution in [0.15, 0.2) is 18.3 Å². The minimum absolute atomic E-state index is 0.118. The van der Waals surface area contributed by atoms with Crippen LogP contribution in [-0.4, -0.2) is 48.2 Å². The van der Waals surface area contributed by atoms with E-state index in [2.05, 4.69) is 20.5 Å². The Labute approximate surface area is 152 Å². The van der Waals surface area contributed by atoms with Gasteiger partial charge in [0.25, 0.3) is 0 Å². The van der Waals surface area contributed by atoms with Crippen LogP contribution in [0.5, 0.6) is 0 Å². The Balaban J connectivity index is 1.83. The summed E-state index contributed by atoms with van der Waals surface area (Å²) in [5.74, 6) is 1.21. The summed E-state index contributed by atoms with van der Waals surface area (Å²) in [4.78, 5) is 6.22. The van der Waals surface area contributed by atoms with Crippen LogP contribution >= 0.6 is 11.6 Å². The number of halogens is 1. The van der Waals surface area contributed by atoms with Crippen molar-refractivity contribution >= 4 is 38.9 Å². The molecule has 2 heterocycles. The first-order valence-corrected chi connectivity index (χ1v) is 10.1. The van der Waals surface area contributed by atoms with Crippen LogP contribution < -0.4 is 10.2 Å². The maximum atomic E-state index is 11.7. The molecule has 0 aliphatic carbocycles. The van der Waals surface area contributed by atoms with E-state index >= 15 is 0 Å². The van der Waals surface area contributed by atoms with Crippen molar-refractivity contribution in [2.24, 2.45) is 0 Å². The number of anilines is 3. The van der Waals surface area contributed by atoms with Crippen molar-refractivity contribution in [1.29, 1.82) is 0 Å². The number of aromatic nitrogens is 3. The van der Waals surface area contributed by atoms with Crippen molar-refractivity contribution in [3.05, 3.63) is 34.5 Å². The Bertz CT molecular complexity index is 880. The van der Waals surface area contributed by atoms with E-state index < -0.39 is 9.84 Å². The molecular formula is C16H20ClN5O2S. The molecule has 0 radical (unpaired) electrons. The number of aryl methyl sites for hydroxylation is 2. The quantitative estimate of drug-likeness (QED) is 0.870. The van der Waals surface area contributed by atoms with Gasteiger partial charge >= 0.3 is 0 Å². The largest absolute Gasteiger partial charge is 0.338 e. The number of benzene rings is 1. The molecule has 3 rings (SSSR count). The highest BCUT2D eigenvalue weighted by molar-refractivity contribution is 7.91. The average molecular weight is 382 g/mol. The standard InChI is InChI=1S/C16H20ClN5O2S/c1-10-6-11(2)15(13(17)7-10)19-14-8-18-21-16(20-14)22(3)12-4-5-25(23,24)9-12/h6-8,12H,4-5,9H2,1-3H3,(H,19,20,21). The highest BCUT2D eigenvalue weighted by Crippen LogP contribution is 2.30. The molecule has 1 aliphatic heterocycles. The van der Waals surface area contributed by atoms with Crippen LogP contribution in [0.25, 0.3) is 0 Å². The molecule has 1 saturated heterocycles. The molecular weight excluding hydrogens is 362 g/mol. The molecule has 7 nitrogen and oxygen atoms in total. The van der Waals surface area contributed by atoms with Crippen molar-refractivity contribution in [3.63, 3.8) is 0 Å². The predicted molar refractivity (Wildman–Crippen MR) is 99.5 cm³/mol. The summed E-state index contributed by atoms with van der Waals surface area (Å²) in [7, 11) is -1.19. The third-order valence-corrected chi connectivity index (χ3v) is 6.35. The van der Waals surface area contributed by atoms with Gasteiger partial charge in [-0.15, -0.1) is 5.10 Å². The lowest BCUT2D eigenvalue weighted by Crippen LogP contribution is -2.34. The van der Waals surface area contributed by atoms with Gasteiger partial charge in [0.1, 0.15) is 0 Å². The van der Waals surface area contributed by atoms with E-state index in [0.717, 1.165) is 16.8 Å². The Morgan fingerprint density at radius 3 is 2.72 bits per heavy atom. The molecule has 1 unspecified atom stereocenters. The molecule has 25 heavy (non-hydrogen) atoms. The van der Waals surface area contributed by atoms with Gasteiger partial charge in [0.15, 0.2) is 15.7 Å². The minimum atomic E-state index is -2.97. The van der Waals surface area contributed by atoms with E-state index in [-0.39, 0.29) is 17.5 Å². The average Bonchev–Trinajstić information content (AvgIpc) is 2.90. The number of rotatable bonds is 4. The molecule has 1 fully saturated rings. The van der Waals surface area contributed by atoms with Gasteiger partial charge < -0.3 is 10.2 Å². The SMILES string of the molecule is Cc1cc(C)c(Nc2cnnc(N(C)C3CCS(=O)(=O)C3)n2)c(Cl)c1. The molecule has 1 aromatic carbocycles. The highest BCUT2D eigenvalue weighted by Gasteiger charge is 2.32. The summed E-state index contributed by atoms with van der Waals surface area (Å²) in [6, 6.07) is 3.77. The number of hydrogen-bond donors (Lipinski definition) is 1. The number of nitrogens with one attached hydrogen (secondary N) is 1. The zero-order chi connectivity index (χ0) is 18.2. The molecule has 9 heteroatoms. The molecule has 1 aliphatic rings. The van der Waals surface area contributed by atoms with Gasteiger partial charge in [0.2, 0.25) is 5.95 Å². The van der Waals surface area contributed by atoms with E-state index in [9.17, 15) is 8.42 Å². The van der Waals surface area contributed by atoms with E-state index in [1.165, 1.54) is 6.20 Å². The van der Waals surface area contributed by atoms with Crippen LogP contribution in [-0.2, 0) is 9.84 Å². The van der Waals surface area contributed by atoms with Crippen LogP contribution in [0, 0.1) is 13.8 Å². The van der Waals surface area contributed by atoms with Crippen molar-refractivity contribution in [2.75, 3.05) is 28.8 Å². The summed E-state index contributed by atoms with van der Waals surface area (Å²) in [6.45, 7) is 3.95. The second kappa shape index (κ2) is 6.76. The zero-order valence-corrected chi connectivity index (χ0v) is 15.9. The first-order valence-electron chi connectivity index (χ1n) is 7.92. The highest BCUT2D eigenvalue weighted by atomic mass is 35.5. The van der Waals surface area contributed by atoms with Crippen molar-refractivity contribution in [1.82, 2.24) is 15.2 Å². The molecule has 0 amide bonds. The fourth-order valence-electron chi connectivity index (χ4n) is 2.95. The molecule has 1 aromatic heterocycles. The summed E-state index contributed by atoms with van der Waals surface area (Å²) in [5, 5.41) is 11.8. The van der Waals surface area contributed by atoms with Crippen LogP contribution in [0.4, 0.5) is 17.5 Å². The fraction of sp³-hybridized carbons (Fsp3) is 0.438. The third-order valence-electron chi connectivity index (χ3n) is 4.30. The van der Waals surface area contributed by atoms with Gasteiger partial charge in [-0.3, -0.25) is 0 Å². The smallest absolute Gasteiger partial charge is 0.247 e. The Morgan fingerprint density at radius 1 is 1.32 bits per heavy atom. The van der Waals surface area contributed by atoms with Crippen LogP contribution in [0.2, 0.25) is 5.02 Å². The Morgan fingerprint density at radius 2 is 2.08 bits per heavy atom. The van der Waals surface area contributed by atoms with Gasteiger partial charge in [-0.05, 0) is 37.5 Å². The number of nitrogens with zero attached hydrogens (tertiary/aromatic N) is 4. The van der Waals surface area contributed by atoms with E-state index in [0.29, 0.717) is 23.2 Å². The lowest BCUT2D eigenvalue weighted by molar-refractivity contribution is 0.600. The van der Waals surface area contributed by atoms with Crippen molar-refractivity contribution in [3.8, 4) is 0 Å². The molecule has 2 aromatic rings. The molecule has 0 saturated carbocycles. The van der Waals surface area contributed by atoms with Crippen LogP contribution in [0.1, 0.15) is 17.5 Å². The van der Waals surface area contributed by atoms with Gasteiger partial charge in [-0.25, -0.2) is 8.42 Å². The van der Waals surface area contributed by atoms with E-state index in [4.69, 9.17) is 11.6 Å². The lowest BCUT2D eigenvalue weighted by Gasteiger charge is -2.23. The minimum Gasteiger partial charge on any atom is -0.338 e. The number of sulfone groups is 1. The Hall–Kier alpha value is -1.93. The second-order valence-electron chi connectivity index (χ2n) is 6.37. The third kappa shape index (κ3) is 4.01. The maximum Gasteiger partial charge on any atom is 0.247 e. The van der Waals surface area contributed by atoms with Gasteiger partial charge in [0.05, 0.1) is 28.4 Å². The molecule has 1 N–H and O–H groups in total. The fourth-order valence-corrected chi connectivity index (χ4v) is 5.09. The van der Waals surface area contributed by atoms with Gasteiger partial charge in [-0.2, -0.15) is 10.1 Å². The van der Waals surface area contributed by atoms with E-state index in [1.807, 2.05) is 26.0 Å². The lowest BCUT2D eigenvalue weighted by atomic mass is 10.1. The first kappa shape index (κ1) is 17.9. The van der Waals surface area contributed by atoms with Crippen molar-refractivity contribution in [2.45, 2.75) is 26.3 Å².